The molecule has 0 spiro atoms. The van der Waals surface area contributed by atoms with Crippen LogP contribution in [0.1, 0.15) is 44.6 Å². The highest BCUT2D eigenvalue weighted by molar-refractivity contribution is 5.77. The second-order valence-corrected chi connectivity index (χ2v) is 6.04. The van der Waals surface area contributed by atoms with E-state index in [0.29, 0.717) is 18.8 Å². The highest BCUT2D eigenvalue weighted by Crippen LogP contribution is 2.32. The maximum absolute atomic E-state index is 12.1. The Hall–Kier alpha value is -1.42. The summed E-state index contributed by atoms with van der Waals surface area (Å²) in [5, 5.41) is 12.7. The van der Waals surface area contributed by atoms with Gasteiger partial charge in [0.15, 0.2) is 0 Å². The van der Waals surface area contributed by atoms with Crippen LogP contribution in [0.4, 0.5) is 0 Å². The standard InChI is InChI=1S/C16H24N2O2/c1-13-3-2-8-16(11-13,12-19)18-15(20)5-4-14-6-9-17-10-7-14/h6-7,9-10,13,19H,2-5,8,11-12H2,1H3,(H,18,20). The maximum Gasteiger partial charge on any atom is 0.220 e. The Morgan fingerprint density at radius 1 is 1.50 bits per heavy atom. The summed E-state index contributed by atoms with van der Waals surface area (Å²) in [6.07, 6.45) is 8.68. The Morgan fingerprint density at radius 3 is 2.90 bits per heavy atom. The van der Waals surface area contributed by atoms with Crippen LogP contribution in [0, 0.1) is 5.92 Å². The molecule has 20 heavy (non-hydrogen) atoms. The smallest absolute Gasteiger partial charge is 0.220 e. The number of pyridine rings is 1. The predicted molar refractivity (Wildman–Crippen MR) is 78.1 cm³/mol. The van der Waals surface area contributed by atoms with Gasteiger partial charge in [-0.25, -0.2) is 0 Å². The van der Waals surface area contributed by atoms with Gasteiger partial charge in [-0.15, -0.1) is 0 Å². The molecule has 0 bridgehead atoms. The third-order valence-corrected chi connectivity index (χ3v) is 4.19. The third-order valence-electron chi connectivity index (χ3n) is 4.19. The fourth-order valence-electron chi connectivity index (χ4n) is 3.12. The van der Waals surface area contributed by atoms with E-state index in [0.717, 1.165) is 24.8 Å². The van der Waals surface area contributed by atoms with E-state index in [-0.39, 0.29) is 12.5 Å². The molecule has 1 fully saturated rings. The molecule has 1 aliphatic carbocycles. The summed E-state index contributed by atoms with van der Waals surface area (Å²) >= 11 is 0. The average Bonchev–Trinajstić information content (AvgIpc) is 2.46. The van der Waals surface area contributed by atoms with Gasteiger partial charge in [0.2, 0.25) is 5.91 Å². The fourth-order valence-corrected chi connectivity index (χ4v) is 3.12. The van der Waals surface area contributed by atoms with E-state index in [1.165, 1.54) is 6.42 Å². The summed E-state index contributed by atoms with van der Waals surface area (Å²) in [6, 6.07) is 3.86. The molecule has 1 aromatic heterocycles. The number of amides is 1. The number of aliphatic hydroxyl groups is 1. The van der Waals surface area contributed by atoms with Gasteiger partial charge in [-0.3, -0.25) is 9.78 Å². The molecular formula is C16H24N2O2. The number of carbonyl (C=O) groups is 1. The molecule has 1 aliphatic rings. The highest BCUT2D eigenvalue weighted by atomic mass is 16.3. The van der Waals surface area contributed by atoms with Crippen LogP contribution in [-0.4, -0.2) is 28.1 Å². The number of aliphatic hydroxyl groups excluding tert-OH is 1. The van der Waals surface area contributed by atoms with Crippen molar-refractivity contribution < 1.29 is 9.90 Å². The number of nitrogens with zero attached hydrogens (tertiary/aromatic N) is 1. The lowest BCUT2D eigenvalue weighted by molar-refractivity contribution is -0.124. The number of carbonyl (C=O) groups excluding carboxylic acids is 1. The number of hydrogen-bond acceptors (Lipinski definition) is 3. The van der Waals surface area contributed by atoms with Gasteiger partial charge >= 0.3 is 0 Å². The van der Waals surface area contributed by atoms with E-state index in [1.54, 1.807) is 12.4 Å². The van der Waals surface area contributed by atoms with Crippen LogP contribution in [0.5, 0.6) is 0 Å². The lowest BCUT2D eigenvalue weighted by atomic mass is 9.76. The van der Waals surface area contributed by atoms with Crippen molar-refractivity contribution in [1.82, 2.24) is 10.3 Å². The normalized spacial score (nSPS) is 26.2. The summed E-state index contributed by atoms with van der Waals surface area (Å²) < 4.78 is 0. The minimum absolute atomic E-state index is 0.0324. The van der Waals surface area contributed by atoms with Crippen molar-refractivity contribution in [1.29, 1.82) is 0 Å². The fraction of sp³-hybridized carbons (Fsp3) is 0.625. The average molecular weight is 276 g/mol. The Morgan fingerprint density at radius 2 is 2.25 bits per heavy atom. The van der Waals surface area contributed by atoms with Crippen LogP contribution in [0.15, 0.2) is 24.5 Å². The molecule has 4 nitrogen and oxygen atoms in total. The number of hydrogen-bond donors (Lipinski definition) is 2. The van der Waals surface area contributed by atoms with Gasteiger partial charge in [-0.1, -0.05) is 19.8 Å². The number of aromatic nitrogens is 1. The van der Waals surface area contributed by atoms with Crippen LogP contribution in [0.3, 0.4) is 0 Å². The first-order valence-corrected chi connectivity index (χ1v) is 7.44. The van der Waals surface area contributed by atoms with Crippen molar-refractivity contribution in [3.8, 4) is 0 Å². The second-order valence-electron chi connectivity index (χ2n) is 6.04. The van der Waals surface area contributed by atoms with Gasteiger partial charge < -0.3 is 10.4 Å². The molecule has 2 rings (SSSR count). The van der Waals surface area contributed by atoms with Gasteiger partial charge in [-0.05, 0) is 42.9 Å². The molecule has 2 atom stereocenters. The van der Waals surface area contributed by atoms with E-state index in [2.05, 4.69) is 17.2 Å². The van der Waals surface area contributed by atoms with Crippen molar-refractivity contribution >= 4 is 5.91 Å². The van der Waals surface area contributed by atoms with Crippen LogP contribution in [0.25, 0.3) is 0 Å². The highest BCUT2D eigenvalue weighted by Gasteiger charge is 2.35. The van der Waals surface area contributed by atoms with E-state index >= 15 is 0 Å². The number of nitrogens with one attached hydrogen (secondary N) is 1. The number of aryl methyl sites for hydroxylation is 1. The zero-order valence-electron chi connectivity index (χ0n) is 12.1. The van der Waals surface area contributed by atoms with E-state index in [9.17, 15) is 9.90 Å². The van der Waals surface area contributed by atoms with Crippen LogP contribution >= 0.6 is 0 Å². The molecular weight excluding hydrogens is 252 g/mol. The summed E-state index contributed by atoms with van der Waals surface area (Å²) in [7, 11) is 0. The van der Waals surface area contributed by atoms with Gasteiger partial charge in [0, 0.05) is 18.8 Å². The topological polar surface area (TPSA) is 62.2 Å². The monoisotopic (exact) mass is 276 g/mol. The molecule has 0 radical (unpaired) electrons. The van der Waals surface area contributed by atoms with Gasteiger partial charge in [-0.2, -0.15) is 0 Å². The second kappa shape index (κ2) is 6.84. The zero-order valence-corrected chi connectivity index (χ0v) is 12.1. The molecule has 110 valence electrons. The lowest BCUT2D eigenvalue weighted by Crippen LogP contribution is -2.53. The van der Waals surface area contributed by atoms with Crippen molar-refractivity contribution in [2.45, 2.75) is 51.0 Å². The molecule has 0 aromatic carbocycles. The summed E-state index contributed by atoms with van der Waals surface area (Å²) in [4.78, 5) is 16.1. The summed E-state index contributed by atoms with van der Waals surface area (Å²) in [6.45, 7) is 2.23. The number of rotatable bonds is 5. The minimum atomic E-state index is -0.396. The van der Waals surface area contributed by atoms with Crippen LogP contribution in [-0.2, 0) is 11.2 Å². The molecule has 4 heteroatoms. The minimum Gasteiger partial charge on any atom is -0.394 e. The molecule has 2 unspecified atom stereocenters. The summed E-state index contributed by atoms with van der Waals surface area (Å²) in [5.41, 5.74) is 0.720. The predicted octanol–water partition coefficient (Wildman–Crippen LogP) is 2.07. The van der Waals surface area contributed by atoms with Gasteiger partial charge in [0.1, 0.15) is 0 Å². The van der Waals surface area contributed by atoms with E-state index in [1.807, 2.05) is 12.1 Å². The SMILES string of the molecule is CC1CCCC(CO)(NC(=O)CCc2ccncc2)C1. The molecule has 2 N–H and O–H groups in total. The van der Waals surface area contributed by atoms with Crippen molar-refractivity contribution in [2.75, 3.05) is 6.61 Å². The van der Waals surface area contributed by atoms with E-state index < -0.39 is 5.54 Å². The molecule has 1 amide bonds. The molecule has 0 aliphatic heterocycles. The van der Waals surface area contributed by atoms with Gasteiger partial charge in [0.25, 0.3) is 0 Å². The quantitative estimate of drug-likeness (QED) is 0.865. The van der Waals surface area contributed by atoms with Crippen molar-refractivity contribution in [3.05, 3.63) is 30.1 Å². The van der Waals surface area contributed by atoms with E-state index in [4.69, 9.17) is 0 Å². The summed E-state index contributed by atoms with van der Waals surface area (Å²) in [5.74, 6) is 0.598. The van der Waals surface area contributed by atoms with Gasteiger partial charge in [0.05, 0.1) is 12.1 Å². The maximum atomic E-state index is 12.1. The Balaban J connectivity index is 1.86. The lowest BCUT2D eigenvalue weighted by Gasteiger charge is -2.39. The molecule has 1 heterocycles. The van der Waals surface area contributed by atoms with Crippen LogP contribution < -0.4 is 5.32 Å². The third kappa shape index (κ3) is 4.04. The van der Waals surface area contributed by atoms with Crippen LogP contribution in [0.2, 0.25) is 0 Å². The van der Waals surface area contributed by atoms with Crippen molar-refractivity contribution in [2.24, 2.45) is 5.92 Å². The Kier molecular flexibility index (Phi) is 5.12. The Bertz CT molecular complexity index is 435. The van der Waals surface area contributed by atoms with Crippen molar-refractivity contribution in [3.63, 3.8) is 0 Å². The largest absolute Gasteiger partial charge is 0.394 e. The first-order valence-electron chi connectivity index (χ1n) is 7.44. The molecule has 1 aromatic rings. The Labute approximate surface area is 120 Å². The first kappa shape index (κ1) is 15.0. The molecule has 1 saturated carbocycles. The first-order chi connectivity index (χ1) is 9.63. The zero-order chi connectivity index (χ0) is 14.4. The molecule has 0 saturated heterocycles.